The third-order valence-electron chi connectivity index (χ3n) is 2.31. The molecule has 0 fully saturated rings. The van der Waals surface area contributed by atoms with Crippen molar-refractivity contribution >= 4 is 5.91 Å². The van der Waals surface area contributed by atoms with E-state index in [2.05, 4.69) is 38.3 Å². The van der Waals surface area contributed by atoms with Gasteiger partial charge in [-0.2, -0.15) is 0 Å². The molecular weight excluding hydrogens is 216 g/mol. The number of rotatable bonds is 10. The van der Waals surface area contributed by atoms with Gasteiger partial charge >= 0.3 is 0 Å². The Morgan fingerprint density at radius 3 is 2.41 bits per heavy atom. The molecule has 0 aromatic rings. The van der Waals surface area contributed by atoms with Gasteiger partial charge in [0.1, 0.15) is 0 Å². The highest BCUT2D eigenvalue weighted by molar-refractivity contribution is 5.75. The maximum atomic E-state index is 11.4. The molecule has 0 rings (SSSR count). The summed E-state index contributed by atoms with van der Waals surface area (Å²) in [6, 6.07) is 0.433. The summed E-state index contributed by atoms with van der Waals surface area (Å²) in [4.78, 5) is 11.4. The summed E-state index contributed by atoms with van der Waals surface area (Å²) in [5, 5.41) is 6.05. The molecule has 0 spiro atoms. The quantitative estimate of drug-likeness (QED) is 0.573. The number of nitrogens with one attached hydrogen (secondary N) is 2. The molecule has 0 atom stereocenters. The van der Waals surface area contributed by atoms with E-state index in [9.17, 15) is 4.79 Å². The van der Waals surface area contributed by atoms with Crippen LogP contribution in [0.15, 0.2) is 0 Å². The second kappa shape index (κ2) is 10.5. The van der Waals surface area contributed by atoms with Crippen molar-refractivity contribution in [2.24, 2.45) is 5.92 Å². The summed E-state index contributed by atoms with van der Waals surface area (Å²) in [6.07, 6.45) is 1.61. The summed E-state index contributed by atoms with van der Waals surface area (Å²) in [5.41, 5.74) is 0. The van der Waals surface area contributed by atoms with Gasteiger partial charge in [-0.3, -0.25) is 4.79 Å². The lowest BCUT2D eigenvalue weighted by Crippen LogP contribution is -2.32. The van der Waals surface area contributed by atoms with Crippen LogP contribution in [0.2, 0.25) is 0 Å². The predicted octanol–water partition coefficient (Wildman–Crippen LogP) is 1.55. The molecule has 17 heavy (non-hydrogen) atoms. The van der Waals surface area contributed by atoms with Crippen molar-refractivity contribution in [2.75, 3.05) is 26.3 Å². The van der Waals surface area contributed by atoms with Gasteiger partial charge in [0.2, 0.25) is 5.91 Å². The first-order valence-corrected chi connectivity index (χ1v) is 6.60. The number of carbonyl (C=O) groups excluding carboxylic acids is 1. The van der Waals surface area contributed by atoms with Gasteiger partial charge in [0.25, 0.3) is 0 Å². The van der Waals surface area contributed by atoms with Crippen molar-refractivity contribution in [3.63, 3.8) is 0 Å². The normalized spacial score (nSPS) is 11.2. The molecule has 0 heterocycles. The molecular formula is C13H28N2O2. The van der Waals surface area contributed by atoms with Crippen molar-refractivity contribution in [1.82, 2.24) is 10.6 Å². The van der Waals surface area contributed by atoms with Gasteiger partial charge in [0.15, 0.2) is 0 Å². The van der Waals surface area contributed by atoms with E-state index in [1.54, 1.807) is 0 Å². The number of amides is 1. The number of ether oxygens (including phenoxy) is 1. The Morgan fingerprint density at radius 1 is 1.12 bits per heavy atom. The lowest BCUT2D eigenvalue weighted by atomic mass is 10.1. The lowest BCUT2D eigenvalue weighted by molar-refractivity contribution is -0.121. The summed E-state index contributed by atoms with van der Waals surface area (Å²) in [7, 11) is 0. The standard InChI is InChI=1S/C13H28N2O2/c1-11(2)6-9-17-10-8-15-13(16)5-7-14-12(3)4/h11-12,14H,5-10H2,1-4H3,(H,15,16). The second-order valence-electron chi connectivity index (χ2n) is 5.00. The molecule has 0 aliphatic rings. The fourth-order valence-electron chi connectivity index (χ4n) is 1.25. The Balaban J connectivity index is 3.22. The van der Waals surface area contributed by atoms with Gasteiger partial charge in [-0.05, 0) is 12.3 Å². The minimum atomic E-state index is 0.0885. The fourth-order valence-corrected chi connectivity index (χ4v) is 1.25. The van der Waals surface area contributed by atoms with Gasteiger partial charge < -0.3 is 15.4 Å². The largest absolute Gasteiger partial charge is 0.380 e. The van der Waals surface area contributed by atoms with Crippen LogP contribution in [0.1, 0.15) is 40.5 Å². The smallest absolute Gasteiger partial charge is 0.221 e. The Morgan fingerprint density at radius 2 is 1.82 bits per heavy atom. The molecule has 1 amide bonds. The molecule has 2 N–H and O–H groups in total. The molecule has 0 radical (unpaired) electrons. The van der Waals surface area contributed by atoms with Gasteiger partial charge in [-0.15, -0.1) is 0 Å². The van der Waals surface area contributed by atoms with Crippen LogP contribution in [0.4, 0.5) is 0 Å². The molecule has 0 aromatic carbocycles. The summed E-state index contributed by atoms with van der Waals surface area (Å²) in [5.74, 6) is 0.761. The first kappa shape index (κ1) is 16.4. The minimum absolute atomic E-state index is 0.0885. The molecule has 0 unspecified atom stereocenters. The van der Waals surface area contributed by atoms with E-state index in [1.807, 2.05) is 0 Å². The SMILES string of the molecule is CC(C)CCOCCNC(=O)CCNC(C)C. The molecule has 102 valence electrons. The average molecular weight is 244 g/mol. The number of carbonyl (C=O) groups is 1. The van der Waals surface area contributed by atoms with Crippen LogP contribution in [-0.2, 0) is 9.53 Å². The Labute approximate surface area is 105 Å². The maximum Gasteiger partial charge on any atom is 0.221 e. The highest BCUT2D eigenvalue weighted by atomic mass is 16.5. The number of hydrogen-bond acceptors (Lipinski definition) is 3. The number of hydrogen-bond donors (Lipinski definition) is 2. The average Bonchev–Trinajstić information content (AvgIpc) is 2.22. The third-order valence-corrected chi connectivity index (χ3v) is 2.31. The van der Waals surface area contributed by atoms with Crippen molar-refractivity contribution in [2.45, 2.75) is 46.6 Å². The highest BCUT2D eigenvalue weighted by Crippen LogP contribution is 1.98. The molecule has 0 aliphatic heterocycles. The molecule has 0 aliphatic carbocycles. The Kier molecular flexibility index (Phi) is 10.2. The zero-order valence-electron chi connectivity index (χ0n) is 11.7. The van der Waals surface area contributed by atoms with E-state index >= 15 is 0 Å². The Hall–Kier alpha value is -0.610. The lowest BCUT2D eigenvalue weighted by Gasteiger charge is -2.09. The van der Waals surface area contributed by atoms with Crippen LogP contribution >= 0.6 is 0 Å². The van der Waals surface area contributed by atoms with E-state index in [0.29, 0.717) is 31.5 Å². The Bertz CT molecular complexity index is 194. The minimum Gasteiger partial charge on any atom is -0.380 e. The molecule has 4 heteroatoms. The van der Waals surface area contributed by atoms with Crippen LogP contribution in [0.25, 0.3) is 0 Å². The zero-order chi connectivity index (χ0) is 13.1. The molecule has 0 saturated heterocycles. The van der Waals surface area contributed by atoms with Crippen LogP contribution < -0.4 is 10.6 Å². The molecule has 0 saturated carbocycles. The maximum absolute atomic E-state index is 11.4. The van der Waals surface area contributed by atoms with E-state index in [1.165, 1.54) is 0 Å². The van der Waals surface area contributed by atoms with Crippen molar-refractivity contribution in [3.05, 3.63) is 0 Å². The van der Waals surface area contributed by atoms with E-state index in [-0.39, 0.29) is 5.91 Å². The van der Waals surface area contributed by atoms with Crippen molar-refractivity contribution < 1.29 is 9.53 Å². The van der Waals surface area contributed by atoms with Crippen LogP contribution in [-0.4, -0.2) is 38.3 Å². The van der Waals surface area contributed by atoms with E-state index in [0.717, 1.165) is 19.6 Å². The monoisotopic (exact) mass is 244 g/mol. The first-order valence-electron chi connectivity index (χ1n) is 6.60. The highest BCUT2D eigenvalue weighted by Gasteiger charge is 2.01. The third kappa shape index (κ3) is 13.3. The zero-order valence-corrected chi connectivity index (χ0v) is 11.7. The van der Waals surface area contributed by atoms with Gasteiger partial charge in [-0.25, -0.2) is 0 Å². The molecule has 4 nitrogen and oxygen atoms in total. The van der Waals surface area contributed by atoms with E-state index < -0.39 is 0 Å². The van der Waals surface area contributed by atoms with Gasteiger partial charge in [-0.1, -0.05) is 27.7 Å². The molecule has 0 aromatic heterocycles. The van der Waals surface area contributed by atoms with Crippen LogP contribution in [0.3, 0.4) is 0 Å². The second-order valence-corrected chi connectivity index (χ2v) is 5.00. The van der Waals surface area contributed by atoms with Gasteiger partial charge in [0, 0.05) is 32.2 Å². The summed E-state index contributed by atoms with van der Waals surface area (Å²) >= 11 is 0. The van der Waals surface area contributed by atoms with Crippen molar-refractivity contribution in [3.8, 4) is 0 Å². The topological polar surface area (TPSA) is 50.4 Å². The van der Waals surface area contributed by atoms with E-state index in [4.69, 9.17) is 4.74 Å². The summed E-state index contributed by atoms with van der Waals surface area (Å²) < 4.78 is 5.41. The molecule has 0 bridgehead atoms. The van der Waals surface area contributed by atoms with Crippen molar-refractivity contribution in [1.29, 1.82) is 0 Å². The predicted molar refractivity (Wildman–Crippen MR) is 71.0 cm³/mol. The van der Waals surface area contributed by atoms with Crippen LogP contribution in [0, 0.1) is 5.92 Å². The first-order chi connectivity index (χ1) is 8.02. The van der Waals surface area contributed by atoms with Crippen LogP contribution in [0.5, 0.6) is 0 Å². The fraction of sp³-hybridized carbons (Fsp3) is 0.923. The summed E-state index contributed by atoms with van der Waals surface area (Å²) in [6.45, 7) is 11.2. The van der Waals surface area contributed by atoms with Gasteiger partial charge in [0.05, 0.1) is 6.61 Å².